The number of rotatable bonds is 5. The van der Waals surface area contributed by atoms with Gasteiger partial charge in [-0.3, -0.25) is 14.4 Å². The molecule has 7 heteroatoms. The van der Waals surface area contributed by atoms with Gasteiger partial charge in [0.1, 0.15) is 0 Å². The fraction of sp³-hybridized carbons (Fsp3) is 0.556. The molecule has 0 aromatic rings. The van der Waals surface area contributed by atoms with Gasteiger partial charge in [-0.2, -0.15) is 0 Å². The molecule has 16 heavy (non-hydrogen) atoms. The average molecular weight is 255 g/mol. The first-order chi connectivity index (χ1) is 7.02. The van der Waals surface area contributed by atoms with Crippen molar-refractivity contribution in [1.82, 2.24) is 5.32 Å². The van der Waals surface area contributed by atoms with Crippen LogP contribution in [0.25, 0.3) is 0 Å². The van der Waals surface area contributed by atoms with Crippen molar-refractivity contribution < 1.29 is 75.2 Å². The van der Waals surface area contributed by atoms with E-state index in [1.165, 1.54) is 6.92 Å². The molecule has 0 radical (unpaired) electrons. The molecule has 0 bridgehead atoms. The molecule has 0 aliphatic carbocycles. The molecule has 1 amide bonds. The van der Waals surface area contributed by atoms with Crippen LogP contribution in [0.4, 0.5) is 0 Å². The molecular weight excluding hydrogens is 241 g/mol. The topological polar surface area (TPSA) is 81.7 Å². The molecule has 0 aliphatic rings. The van der Waals surface area contributed by atoms with Gasteiger partial charge in [-0.25, -0.2) is 0 Å². The molecule has 0 heterocycles. The Kier molecular flexibility index (Phi) is 11.5. The minimum atomic E-state index is -0.897. The second-order valence-electron chi connectivity index (χ2n) is 2.50. The maximum absolute atomic E-state index is 11.2. The van der Waals surface area contributed by atoms with E-state index in [4.69, 9.17) is 0 Å². The van der Waals surface area contributed by atoms with E-state index < -0.39 is 23.9 Å². The first-order valence-electron chi connectivity index (χ1n) is 4.51. The third kappa shape index (κ3) is 7.23. The van der Waals surface area contributed by atoms with Crippen molar-refractivity contribution in [2.75, 3.05) is 13.2 Å². The van der Waals surface area contributed by atoms with Crippen molar-refractivity contribution >= 4 is 17.8 Å². The summed E-state index contributed by atoms with van der Waals surface area (Å²) in [6.45, 7) is 4.59. The molecule has 0 atom stereocenters. The van der Waals surface area contributed by atoms with E-state index in [1.54, 1.807) is 13.8 Å². The molecule has 0 spiro atoms. The Labute approximate surface area is 137 Å². The van der Waals surface area contributed by atoms with Gasteiger partial charge in [0, 0.05) is 6.92 Å². The summed E-state index contributed by atoms with van der Waals surface area (Å²) in [6.07, 6.45) is 0. The molecular formula is C9H14KNO5. The Bertz CT molecular complexity index is 238. The minimum absolute atomic E-state index is 0. The Hall–Kier alpha value is -0.0836. The summed E-state index contributed by atoms with van der Waals surface area (Å²) in [5.41, 5.74) is 0. The summed E-state index contributed by atoms with van der Waals surface area (Å²) in [5, 5.41) is 2.08. The smallest absolute Gasteiger partial charge is 0.486 e. The molecule has 0 rings (SSSR count). The van der Waals surface area contributed by atoms with Gasteiger partial charge in [-0.15, -0.1) is 0 Å². The standard InChI is InChI=1S/C9H14NO5.K/c1-4-14-8(12)7(10-6(3)11)9(13)15-5-2;/h4-5H2,1-3H3,(H,10,11);/q-1;+1. The number of hydrogen-bond acceptors (Lipinski definition) is 5. The second kappa shape index (κ2) is 10.1. The number of carbonyl (C=O) groups is 3. The molecule has 0 aromatic carbocycles. The predicted octanol–water partition coefficient (Wildman–Crippen LogP) is -3.22. The molecule has 0 aromatic heterocycles. The Balaban J connectivity index is 0. The van der Waals surface area contributed by atoms with E-state index in [9.17, 15) is 14.4 Å². The summed E-state index contributed by atoms with van der Waals surface area (Å²) in [4.78, 5) is 33.2. The number of amides is 1. The SMILES string of the molecule is CCOC(=O)[C-](NC(C)=O)C(=O)OCC.[K+]. The average Bonchev–Trinajstić information content (AvgIpc) is 2.14. The van der Waals surface area contributed by atoms with E-state index in [0.717, 1.165) is 0 Å². The second-order valence-corrected chi connectivity index (χ2v) is 2.50. The van der Waals surface area contributed by atoms with E-state index in [0.29, 0.717) is 0 Å². The van der Waals surface area contributed by atoms with Crippen LogP contribution >= 0.6 is 0 Å². The quantitative estimate of drug-likeness (QED) is 0.242. The molecule has 0 unspecified atom stereocenters. The van der Waals surface area contributed by atoms with Crippen LogP contribution < -0.4 is 56.7 Å². The van der Waals surface area contributed by atoms with Gasteiger partial charge in [0.15, 0.2) is 17.8 Å². The number of nitrogens with one attached hydrogen (secondary N) is 1. The molecule has 0 saturated carbocycles. The molecule has 0 saturated heterocycles. The number of ether oxygens (including phenoxy) is 2. The zero-order valence-electron chi connectivity index (χ0n) is 9.96. The van der Waals surface area contributed by atoms with Crippen molar-refractivity contribution in [2.45, 2.75) is 20.8 Å². The minimum Gasteiger partial charge on any atom is -0.486 e. The van der Waals surface area contributed by atoms with Crippen molar-refractivity contribution in [3.8, 4) is 0 Å². The van der Waals surface area contributed by atoms with Gasteiger partial charge < -0.3 is 14.8 Å². The molecule has 0 aliphatic heterocycles. The van der Waals surface area contributed by atoms with Crippen LogP contribution in [0.2, 0.25) is 0 Å². The van der Waals surface area contributed by atoms with E-state index in [1.807, 2.05) is 0 Å². The fourth-order valence-electron chi connectivity index (χ4n) is 0.768. The van der Waals surface area contributed by atoms with Crippen LogP contribution in [0.3, 0.4) is 0 Å². The maximum Gasteiger partial charge on any atom is 1.00 e. The summed E-state index contributed by atoms with van der Waals surface area (Å²) < 4.78 is 9.16. The van der Waals surface area contributed by atoms with Gasteiger partial charge in [0.25, 0.3) is 0 Å². The number of hydrogen-bond donors (Lipinski definition) is 1. The molecule has 0 fully saturated rings. The van der Waals surface area contributed by atoms with Crippen LogP contribution in [0, 0.1) is 6.04 Å². The van der Waals surface area contributed by atoms with Crippen molar-refractivity contribution in [3.05, 3.63) is 6.04 Å². The third-order valence-electron chi connectivity index (χ3n) is 1.26. The van der Waals surface area contributed by atoms with E-state index in [-0.39, 0.29) is 64.6 Å². The number of carbonyl (C=O) groups excluding carboxylic acids is 3. The molecule has 1 N–H and O–H groups in total. The molecule has 86 valence electrons. The van der Waals surface area contributed by atoms with Crippen molar-refractivity contribution in [1.29, 1.82) is 0 Å². The summed E-state index contributed by atoms with van der Waals surface area (Å²) in [6, 6.07) is -0.494. The van der Waals surface area contributed by atoms with Gasteiger partial charge in [-0.1, -0.05) is 6.04 Å². The van der Waals surface area contributed by atoms with Gasteiger partial charge >= 0.3 is 51.4 Å². The fourth-order valence-corrected chi connectivity index (χ4v) is 0.768. The van der Waals surface area contributed by atoms with Crippen LogP contribution in [-0.4, -0.2) is 31.1 Å². The maximum atomic E-state index is 11.2. The van der Waals surface area contributed by atoms with Crippen LogP contribution in [0.5, 0.6) is 0 Å². The monoisotopic (exact) mass is 255 g/mol. The van der Waals surface area contributed by atoms with E-state index >= 15 is 0 Å². The first kappa shape index (κ1) is 18.3. The summed E-state index contributed by atoms with van der Waals surface area (Å²) in [7, 11) is 0. The Morgan fingerprint density at radius 2 is 1.44 bits per heavy atom. The zero-order valence-corrected chi connectivity index (χ0v) is 13.1. The van der Waals surface area contributed by atoms with Crippen molar-refractivity contribution in [3.63, 3.8) is 0 Å². The Morgan fingerprint density at radius 3 is 1.69 bits per heavy atom. The zero-order chi connectivity index (χ0) is 11.8. The van der Waals surface area contributed by atoms with Crippen LogP contribution in [-0.2, 0) is 23.9 Å². The van der Waals surface area contributed by atoms with Crippen molar-refractivity contribution in [2.24, 2.45) is 0 Å². The number of esters is 2. The van der Waals surface area contributed by atoms with Crippen LogP contribution in [0.1, 0.15) is 20.8 Å². The predicted molar refractivity (Wildman–Crippen MR) is 50.3 cm³/mol. The largest absolute Gasteiger partial charge is 1.00 e. The normalized spacial score (nSPS) is 8.44. The summed E-state index contributed by atoms with van der Waals surface area (Å²) in [5.74, 6) is -2.33. The van der Waals surface area contributed by atoms with Crippen LogP contribution in [0.15, 0.2) is 0 Å². The molecule has 6 nitrogen and oxygen atoms in total. The first-order valence-corrected chi connectivity index (χ1v) is 4.51. The Morgan fingerprint density at radius 1 is 1.06 bits per heavy atom. The van der Waals surface area contributed by atoms with Gasteiger partial charge in [-0.05, 0) is 13.8 Å². The summed E-state index contributed by atoms with van der Waals surface area (Å²) >= 11 is 0. The van der Waals surface area contributed by atoms with E-state index in [2.05, 4.69) is 14.8 Å². The van der Waals surface area contributed by atoms with Gasteiger partial charge in [0.2, 0.25) is 0 Å². The third-order valence-corrected chi connectivity index (χ3v) is 1.26. The van der Waals surface area contributed by atoms with Gasteiger partial charge in [0.05, 0.1) is 13.2 Å².